The molecule has 0 amide bonds. The lowest BCUT2D eigenvalue weighted by molar-refractivity contribution is -0.635. The smallest absolute Gasteiger partial charge is 0.125 e. The second kappa shape index (κ2) is 7.87. The maximum atomic E-state index is 10.6. The van der Waals surface area contributed by atoms with Crippen LogP contribution >= 0.6 is 0 Å². The zero-order valence-electron chi connectivity index (χ0n) is 8.15. The fraction of sp³-hybridized carbons (Fsp3) is 0.889. The van der Waals surface area contributed by atoms with E-state index in [0.717, 1.165) is 38.4 Å². The highest BCUT2D eigenvalue weighted by atomic mass is 17.7. The molecule has 0 bridgehead atoms. The van der Waals surface area contributed by atoms with E-state index < -0.39 is 0 Å². The van der Waals surface area contributed by atoms with E-state index >= 15 is 0 Å². The molecule has 5 nitrogen and oxygen atoms in total. The van der Waals surface area contributed by atoms with Crippen molar-refractivity contribution in [3.63, 3.8) is 0 Å². The van der Waals surface area contributed by atoms with Gasteiger partial charge in [0.2, 0.25) is 0 Å². The summed E-state index contributed by atoms with van der Waals surface area (Å²) in [7, 11) is 0. The molecule has 1 saturated heterocycles. The summed E-state index contributed by atoms with van der Waals surface area (Å²) in [6.45, 7) is 0.716. The van der Waals surface area contributed by atoms with Gasteiger partial charge in [-0.2, -0.15) is 0 Å². The molecule has 0 aromatic carbocycles. The molecule has 1 unspecified atom stereocenters. The van der Waals surface area contributed by atoms with E-state index in [9.17, 15) is 4.79 Å². The largest absolute Gasteiger partial charge is 0.303 e. The van der Waals surface area contributed by atoms with Crippen LogP contribution in [-0.4, -0.2) is 19.5 Å². The molecule has 0 radical (unpaired) electrons. The van der Waals surface area contributed by atoms with E-state index in [1.165, 1.54) is 0 Å². The van der Waals surface area contributed by atoms with Crippen molar-refractivity contribution in [2.24, 2.45) is 5.92 Å². The Balaban J connectivity index is 2.20. The Morgan fingerprint density at radius 1 is 1.00 bits per heavy atom. The van der Waals surface area contributed by atoms with Gasteiger partial charge in [0, 0.05) is 5.92 Å². The molecular weight excluding hydrogens is 188 g/mol. The molecule has 0 aromatic rings. The number of carbonyl (C=O) groups is 1. The van der Waals surface area contributed by atoms with Gasteiger partial charge in [-0.3, -0.25) is 0 Å². The van der Waals surface area contributed by atoms with Gasteiger partial charge in [0.25, 0.3) is 0 Å². The minimum Gasteiger partial charge on any atom is -0.303 e. The fourth-order valence-electron chi connectivity index (χ4n) is 1.30. The third kappa shape index (κ3) is 5.29. The van der Waals surface area contributed by atoms with Gasteiger partial charge in [0.1, 0.15) is 6.29 Å². The third-order valence-corrected chi connectivity index (χ3v) is 2.15. The normalized spacial score (nSPS) is 27.3. The molecule has 1 rings (SSSR count). The molecule has 1 fully saturated rings. The zero-order valence-corrected chi connectivity index (χ0v) is 8.15. The molecule has 0 aromatic heterocycles. The number of hydrogen-bond donors (Lipinski definition) is 0. The number of aldehydes is 1. The Hall–Kier alpha value is -0.490. The van der Waals surface area contributed by atoms with E-state index in [0.29, 0.717) is 6.61 Å². The predicted octanol–water partition coefficient (Wildman–Crippen LogP) is 1.58. The van der Waals surface area contributed by atoms with Crippen LogP contribution < -0.4 is 0 Å². The van der Waals surface area contributed by atoms with Crippen LogP contribution in [0.1, 0.15) is 32.1 Å². The molecule has 14 heavy (non-hydrogen) atoms. The summed E-state index contributed by atoms with van der Waals surface area (Å²) >= 11 is 0. The molecule has 0 saturated carbocycles. The standard InChI is InChI=1S/C9H16O5/c10-7-9-5-3-1-2-4-6-11-13-14-12-8-9/h7,9H,1-6,8H2. The van der Waals surface area contributed by atoms with E-state index in [-0.39, 0.29) is 12.5 Å². The van der Waals surface area contributed by atoms with Gasteiger partial charge in [0.05, 0.1) is 13.2 Å². The Bertz CT molecular complexity index is 138. The number of rotatable bonds is 1. The highest BCUT2D eigenvalue weighted by Gasteiger charge is 2.09. The van der Waals surface area contributed by atoms with Gasteiger partial charge in [-0.15, -0.1) is 0 Å². The lowest BCUT2D eigenvalue weighted by Crippen LogP contribution is -2.13. The Kier molecular flexibility index (Phi) is 6.51. The van der Waals surface area contributed by atoms with Gasteiger partial charge in [-0.05, 0) is 22.9 Å². The average Bonchev–Trinajstić information content (AvgIpc) is 2.19. The monoisotopic (exact) mass is 204 g/mol. The van der Waals surface area contributed by atoms with Crippen LogP contribution in [0.5, 0.6) is 0 Å². The van der Waals surface area contributed by atoms with Crippen molar-refractivity contribution in [2.75, 3.05) is 13.2 Å². The molecule has 82 valence electrons. The lowest BCUT2D eigenvalue weighted by Gasteiger charge is -2.10. The quantitative estimate of drug-likeness (QED) is 0.479. The first-order valence-electron chi connectivity index (χ1n) is 4.96. The van der Waals surface area contributed by atoms with Crippen molar-refractivity contribution in [1.29, 1.82) is 0 Å². The first-order valence-corrected chi connectivity index (χ1v) is 4.96. The molecule has 5 heteroatoms. The molecule has 1 heterocycles. The Labute approximate surface area is 83.1 Å². The first-order chi connectivity index (χ1) is 6.93. The maximum Gasteiger partial charge on any atom is 0.125 e. The van der Waals surface area contributed by atoms with Gasteiger partial charge >= 0.3 is 0 Å². The predicted molar refractivity (Wildman–Crippen MR) is 46.7 cm³/mol. The second-order valence-electron chi connectivity index (χ2n) is 3.34. The summed E-state index contributed by atoms with van der Waals surface area (Å²) in [5.74, 6) is -0.113. The van der Waals surface area contributed by atoms with Crippen molar-refractivity contribution in [3.8, 4) is 0 Å². The van der Waals surface area contributed by atoms with Gasteiger partial charge in [-0.25, -0.2) is 9.78 Å². The number of carbonyl (C=O) groups excluding carboxylic acids is 1. The topological polar surface area (TPSA) is 54.0 Å². The van der Waals surface area contributed by atoms with Crippen LogP contribution in [0.25, 0.3) is 0 Å². The van der Waals surface area contributed by atoms with Gasteiger partial charge in [0.15, 0.2) is 0 Å². The SMILES string of the molecule is O=CC1CCCCCCOOOOC1. The van der Waals surface area contributed by atoms with Crippen molar-refractivity contribution >= 4 is 6.29 Å². The van der Waals surface area contributed by atoms with Crippen LogP contribution in [0.2, 0.25) is 0 Å². The molecule has 1 aliphatic heterocycles. The van der Waals surface area contributed by atoms with Crippen molar-refractivity contribution in [2.45, 2.75) is 32.1 Å². The van der Waals surface area contributed by atoms with Crippen LogP contribution in [0.3, 0.4) is 0 Å². The summed E-state index contributed by atoms with van der Waals surface area (Å²) in [5, 5.41) is 8.52. The Morgan fingerprint density at radius 2 is 1.79 bits per heavy atom. The fourth-order valence-corrected chi connectivity index (χ4v) is 1.30. The minimum absolute atomic E-state index is 0.113. The first kappa shape index (κ1) is 11.6. The minimum atomic E-state index is -0.113. The van der Waals surface area contributed by atoms with E-state index in [1.807, 2.05) is 0 Å². The zero-order chi connectivity index (χ0) is 10.1. The van der Waals surface area contributed by atoms with Crippen LogP contribution in [0, 0.1) is 5.92 Å². The van der Waals surface area contributed by atoms with E-state index in [2.05, 4.69) is 19.9 Å². The third-order valence-electron chi connectivity index (χ3n) is 2.15. The highest BCUT2D eigenvalue weighted by molar-refractivity contribution is 5.53. The van der Waals surface area contributed by atoms with E-state index in [4.69, 9.17) is 0 Å². The van der Waals surface area contributed by atoms with Crippen LogP contribution in [0.15, 0.2) is 0 Å². The maximum absolute atomic E-state index is 10.6. The lowest BCUT2D eigenvalue weighted by atomic mass is 10.0. The van der Waals surface area contributed by atoms with E-state index in [1.54, 1.807) is 0 Å². The van der Waals surface area contributed by atoms with Gasteiger partial charge < -0.3 is 4.79 Å². The van der Waals surface area contributed by atoms with Gasteiger partial charge in [-0.1, -0.05) is 19.3 Å². The second-order valence-corrected chi connectivity index (χ2v) is 3.34. The summed E-state index contributed by atoms with van der Waals surface area (Å²) in [6, 6.07) is 0. The number of hydrogen-bond acceptors (Lipinski definition) is 5. The average molecular weight is 204 g/mol. The van der Waals surface area contributed by atoms with Crippen molar-refractivity contribution in [3.05, 3.63) is 0 Å². The summed E-state index contributed by atoms with van der Waals surface area (Å²) in [6.07, 6.45) is 5.87. The van der Waals surface area contributed by atoms with Crippen molar-refractivity contribution in [1.82, 2.24) is 0 Å². The summed E-state index contributed by atoms with van der Waals surface area (Å²) < 4.78 is 0. The molecule has 0 spiro atoms. The van der Waals surface area contributed by atoms with Crippen LogP contribution in [-0.2, 0) is 24.6 Å². The van der Waals surface area contributed by atoms with Crippen LogP contribution in [0.4, 0.5) is 0 Å². The molecule has 0 N–H and O–H groups in total. The Morgan fingerprint density at radius 3 is 2.64 bits per heavy atom. The molecule has 1 atom stereocenters. The van der Waals surface area contributed by atoms with Crippen molar-refractivity contribution < 1.29 is 24.6 Å². The molecule has 0 aliphatic carbocycles. The molecular formula is C9H16O5. The summed E-state index contributed by atoms with van der Waals surface area (Å²) in [5.41, 5.74) is 0. The summed E-state index contributed by atoms with van der Waals surface area (Å²) in [4.78, 5) is 19.8. The highest BCUT2D eigenvalue weighted by Crippen LogP contribution is 2.11. The molecule has 1 aliphatic rings.